The van der Waals surface area contributed by atoms with E-state index >= 15 is 0 Å². The molecule has 68 valence electrons. The van der Waals surface area contributed by atoms with Crippen LogP contribution in [0.5, 0.6) is 0 Å². The van der Waals surface area contributed by atoms with Gasteiger partial charge in [0.15, 0.2) is 0 Å². The molecule has 0 aromatic carbocycles. The topological polar surface area (TPSA) is 0 Å². The van der Waals surface area contributed by atoms with E-state index in [1.54, 1.807) is 0 Å². The second-order valence-electron chi connectivity index (χ2n) is 4.30. The van der Waals surface area contributed by atoms with Crippen molar-refractivity contribution in [2.24, 2.45) is 17.8 Å². The second kappa shape index (κ2) is 4.79. The summed E-state index contributed by atoms with van der Waals surface area (Å²) in [7, 11) is 0. The van der Waals surface area contributed by atoms with E-state index in [1.807, 2.05) is 0 Å². The van der Waals surface area contributed by atoms with Gasteiger partial charge in [-0.05, 0) is 24.2 Å². The lowest BCUT2D eigenvalue weighted by Crippen LogP contribution is -2.06. The molecule has 2 atom stereocenters. The third-order valence-electron chi connectivity index (χ3n) is 2.81. The fraction of sp³-hybridized carbons (Fsp3) is 1.00. The normalized spacial score (nSPS) is 30.5. The minimum atomic E-state index is 0. The van der Waals surface area contributed by atoms with Gasteiger partial charge in [0.25, 0.3) is 0 Å². The van der Waals surface area contributed by atoms with Crippen LogP contribution in [0.2, 0.25) is 0 Å². The largest absolute Gasteiger partial charge is 0.0776 e. The maximum atomic E-state index is 2.42. The van der Waals surface area contributed by atoms with Crippen LogP contribution in [0.3, 0.4) is 0 Å². The van der Waals surface area contributed by atoms with Crippen LogP contribution in [0.4, 0.5) is 0 Å². The highest BCUT2D eigenvalue weighted by Crippen LogP contribution is 2.35. The summed E-state index contributed by atoms with van der Waals surface area (Å²) in [6, 6.07) is 0. The predicted octanol–water partition coefficient (Wildman–Crippen LogP) is 4.10. The van der Waals surface area contributed by atoms with Gasteiger partial charge in [0.2, 0.25) is 0 Å². The Labute approximate surface area is 72.4 Å². The Kier molecular flexibility index (Phi) is 4.79. The molecule has 0 heterocycles. The molecule has 0 nitrogen and oxygen atoms in total. The zero-order valence-corrected chi connectivity index (χ0v) is 7.56. The van der Waals surface area contributed by atoms with Crippen LogP contribution in [0.1, 0.15) is 53.9 Å². The van der Waals surface area contributed by atoms with E-state index in [4.69, 9.17) is 0 Å². The third-order valence-corrected chi connectivity index (χ3v) is 2.81. The molecule has 0 bridgehead atoms. The van der Waals surface area contributed by atoms with Crippen LogP contribution in [0, 0.1) is 17.8 Å². The molecule has 1 saturated carbocycles. The van der Waals surface area contributed by atoms with Gasteiger partial charge >= 0.3 is 0 Å². The first-order chi connectivity index (χ1) is 4.70. The highest BCUT2D eigenvalue weighted by molar-refractivity contribution is 4.74. The average Bonchev–Trinajstić information content (AvgIpc) is 2.15. The zero-order valence-electron chi connectivity index (χ0n) is 7.56. The summed E-state index contributed by atoms with van der Waals surface area (Å²) in [5.74, 6) is 2.98. The van der Waals surface area contributed by atoms with E-state index in [2.05, 4.69) is 20.8 Å². The highest BCUT2D eigenvalue weighted by atomic mass is 14.3. The maximum Gasteiger partial charge on any atom is -0.0386 e. The molecule has 0 heteroatoms. The molecule has 0 aromatic rings. The molecule has 1 aliphatic rings. The first-order valence-electron chi connectivity index (χ1n) is 4.70. The maximum absolute atomic E-state index is 2.42. The number of hydrogen-bond acceptors (Lipinski definition) is 0. The first-order valence-corrected chi connectivity index (χ1v) is 4.70. The Morgan fingerprint density at radius 3 is 2.27 bits per heavy atom. The quantitative estimate of drug-likeness (QED) is 0.564. The molecule has 0 saturated heterocycles. The van der Waals surface area contributed by atoms with Gasteiger partial charge < -0.3 is 0 Å². The first kappa shape index (κ1) is 11.0. The van der Waals surface area contributed by atoms with Gasteiger partial charge in [-0.1, -0.05) is 47.5 Å². The van der Waals surface area contributed by atoms with Crippen LogP contribution in [-0.2, 0) is 0 Å². The molecule has 0 aromatic heterocycles. The van der Waals surface area contributed by atoms with Crippen molar-refractivity contribution < 1.29 is 0 Å². The zero-order chi connectivity index (χ0) is 7.56. The van der Waals surface area contributed by atoms with E-state index in [0.29, 0.717) is 0 Å². The fourth-order valence-electron chi connectivity index (χ4n) is 2.18. The Morgan fingerprint density at radius 2 is 1.91 bits per heavy atom. The van der Waals surface area contributed by atoms with Crippen LogP contribution in [0.15, 0.2) is 0 Å². The van der Waals surface area contributed by atoms with Crippen molar-refractivity contribution >= 4 is 0 Å². The molecular formula is C11H24. The lowest BCUT2D eigenvalue weighted by atomic mass is 9.89. The van der Waals surface area contributed by atoms with Crippen molar-refractivity contribution in [2.75, 3.05) is 0 Å². The lowest BCUT2D eigenvalue weighted by Gasteiger charge is -2.16. The summed E-state index contributed by atoms with van der Waals surface area (Å²) in [4.78, 5) is 0. The summed E-state index contributed by atoms with van der Waals surface area (Å²) < 4.78 is 0. The second-order valence-corrected chi connectivity index (χ2v) is 4.30. The van der Waals surface area contributed by atoms with Crippen molar-refractivity contribution in [1.29, 1.82) is 0 Å². The van der Waals surface area contributed by atoms with Crippen LogP contribution < -0.4 is 0 Å². The molecule has 0 radical (unpaired) electrons. The molecule has 0 amide bonds. The molecular weight excluding hydrogens is 132 g/mol. The molecule has 11 heavy (non-hydrogen) atoms. The molecule has 0 N–H and O–H groups in total. The highest BCUT2D eigenvalue weighted by Gasteiger charge is 2.23. The van der Waals surface area contributed by atoms with E-state index in [9.17, 15) is 0 Å². The Morgan fingerprint density at radius 1 is 1.27 bits per heavy atom. The standard InChI is InChI=1S/C10H20.CH4/c1-8(2)7-10-6-4-5-9(10)3;/h8-10H,4-7H2,1-3H3;1H4/t9-,10-;/m1./s1. The average molecular weight is 156 g/mol. The van der Waals surface area contributed by atoms with Gasteiger partial charge in [-0.2, -0.15) is 0 Å². The summed E-state index contributed by atoms with van der Waals surface area (Å²) in [6.45, 7) is 7.09. The van der Waals surface area contributed by atoms with Crippen molar-refractivity contribution in [3.63, 3.8) is 0 Å². The van der Waals surface area contributed by atoms with Gasteiger partial charge in [-0.25, -0.2) is 0 Å². The van der Waals surface area contributed by atoms with Gasteiger partial charge in [0.05, 0.1) is 0 Å². The smallest absolute Gasteiger partial charge is 0.0386 e. The van der Waals surface area contributed by atoms with Crippen molar-refractivity contribution in [3.8, 4) is 0 Å². The summed E-state index contributed by atoms with van der Waals surface area (Å²) in [5.41, 5.74) is 0. The number of hydrogen-bond donors (Lipinski definition) is 0. The summed E-state index contributed by atoms with van der Waals surface area (Å²) in [6.07, 6.45) is 5.93. The number of rotatable bonds is 2. The van der Waals surface area contributed by atoms with Gasteiger partial charge in [0.1, 0.15) is 0 Å². The Hall–Kier alpha value is 0. The van der Waals surface area contributed by atoms with Gasteiger partial charge in [-0.15, -0.1) is 0 Å². The van der Waals surface area contributed by atoms with E-state index < -0.39 is 0 Å². The molecule has 1 rings (SSSR count). The molecule has 0 aliphatic heterocycles. The van der Waals surface area contributed by atoms with Crippen LogP contribution in [0.25, 0.3) is 0 Å². The Balaban J connectivity index is 0.000001000. The minimum absolute atomic E-state index is 0. The van der Waals surface area contributed by atoms with E-state index in [1.165, 1.54) is 25.7 Å². The monoisotopic (exact) mass is 156 g/mol. The van der Waals surface area contributed by atoms with Crippen molar-refractivity contribution in [2.45, 2.75) is 53.9 Å². The Bertz CT molecular complexity index is 94.2. The van der Waals surface area contributed by atoms with Crippen LogP contribution in [-0.4, -0.2) is 0 Å². The predicted molar refractivity (Wildman–Crippen MR) is 52.7 cm³/mol. The van der Waals surface area contributed by atoms with Gasteiger partial charge in [0, 0.05) is 0 Å². The minimum Gasteiger partial charge on any atom is -0.0776 e. The van der Waals surface area contributed by atoms with Crippen LogP contribution >= 0.6 is 0 Å². The summed E-state index contributed by atoms with van der Waals surface area (Å²) in [5, 5.41) is 0. The van der Waals surface area contributed by atoms with E-state index in [0.717, 1.165) is 17.8 Å². The van der Waals surface area contributed by atoms with E-state index in [-0.39, 0.29) is 7.43 Å². The molecule has 0 unspecified atom stereocenters. The van der Waals surface area contributed by atoms with Crippen molar-refractivity contribution in [1.82, 2.24) is 0 Å². The van der Waals surface area contributed by atoms with Gasteiger partial charge in [-0.3, -0.25) is 0 Å². The molecule has 1 fully saturated rings. The molecule has 0 spiro atoms. The third kappa shape index (κ3) is 3.27. The molecule has 1 aliphatic carbocycles. The SMILES string of the molecule is C.CC(C)C[C@H]1CCC[C@H]1C. The van der Waals surface area contributed by atoms with Crippen molar-refractivity contribution in [3.05, 3.63) is 0 Å². The summed E-state index contributed by atoms with van der Waals surface area (Å²) >= 11 is 0. The fourth-order valence-corrected chi connectivity index (χ4v) is 2.18. The lowest BCUT2D eigenvalue weighted by molar-refractivity contribution is 0.343.